The molecule has 2 nitrogen and oxygen atoms in total. The Hall–Kier alpha value is -7.98. The van der Waals surface area contributed by atoms with E-state index in [0.717, 1.165) is 39.5 Å². The first kappa shape index (κ1) is 31.8. The van der Waals surface area contributed by atoms with Crippen LogP contribution in [0.15, 0.2) is 243 Å². The molecule has 0 amide bonds. The first-order valence-corrected chi connectivity index (χ1v) is 22.4. The van der Waals surface area contributed by atoms with Gasteiger partial charge in [0.05, 0.1) is 18.0 Å². The summed E-state index contributed by atoms with van der Waals surface area (Å²) in [7, 11) is 0. The Balaban J connectivity index is 1.07. The molecule has 13 rings (SSSR count). The quantitative estimate of drug-likeness (QED) is 0.158. The monoisotopic (exact) mass is 837 g/mol. The van der Waals surface area contributed by atoms with Crippen LogP contribution in [-0.4, -0.2) is 0 Å². The van der Waals surface area contributed by atoms with Crippen LogP contribution in [0.3, 0.4) is 0 Å². The van der Waals surface area contributed by atoms with E-state index in [9.17, 15) is 0 Å². The lowest BCUT2D eigenvalue weighted by molar-refractivity contribution is 0.793. The maximum Gasteiger partial charge on any atom is 0.0727 e. The minimum absolute atomic E-state index is 0.179. The smallest absolute Gasteiger partial charge is 0.0727 e. The molecule has 0 saturated heterocycles. The highest BCUT2D eigenvalue weighted by Gasteiger charge is 2.52. The van der Waals surface area contributed by atoms with Gasteiger partial charge in [0.1, 0.15) is 0 Å². The fraction of sp³-hybridized carbons (Fsp3) is 0.0164. The van der Waals surface area contributed by atoms with Crippen molar-refractivity contribution in [1.82, 2.24) is 0 Å². The largest absolute Gasteiger partial charge is 0.310 e. The maximum absolute atomic E-state index is 8.78. The zero-order valence-corrected chi connectivity index (χ0v) is 35.3. The van der Waals surface area contributed by atoms with E-state index in [1.165, 1.54) is 59.3 Å². The molecule has 1 atom stereocenters. The third-order valence-electron chi connectivity index (χ3n) is 13.1. The molecule has 1 unspecified atom stereocenters. The highest BCUT2D eigenvalue weighted by Crippen LogP contribution is 2.64. The van der Waals surface area contributed by atoms with Gasteiger partial charge in [-0.05, 0) is 134 Å². The summed E-state index contributed by atoms with van der Waals surface area (Å²) >= 11 is 1.78. The van der Waals surface area contributed by atoms with E-state index in [1.54, 1.807) is 11.3 Å². The number of fused-ring (bicyclic) bond motifs is 13. The highest BCUT2D eigenvalue weighted by molar-refractivity contribution is 7.26. The van der Waals surface area contributed by atoms with Crippen LogP contribution in [0.1, 0.15) is 29.1 Å². The van der Waals surface area contributed by atoms with Gasteiger partial charge in [-0.25, -0.2) is 0 Å². The number of benzene rings is 10. The Morgan fingerprint density at radius 3 is 1.50 bits per heavy atom. The number of thiophene rings is 1. The molecule has 64 heavy (non-hydrogen) atoms. The number of anilines is 6. The van der Waals surface area contributed by atoms with Crippen molar-refractivity contribution < 1.29 is 6.85 Å². The van der Waals surface area contributed by atoms with E-state index in [-0.39, 0.29) is 29.7 Å². The molecule has 0 saturated carbocycles. The zero-order valence-electron chi connectivity index (χ0n) is 39.5. The summed E-state index contributed by atoms with van der Waals surface area (Å²) in [6.07, 6.45) is 0. The van der Waals surface area contributed by atoms with Crippen LogP contribution < -0.4 is 9.80 Å². The van der Waals surface area contributed by atoms with Crippen LogP contribution in [0.25, 0.3) is 53.6 Å². The van der Waals surface area contributed by atoms with Gasteiger partial charge in [0.2, 0.25) is 0 Å². The van der Waals surface area contributed by atoms with Gasteiger partial charge in [0.15, 0.2) is 0 Å². The molecule has 0 radical (unpaired) electrons. The van der Waals surface area contributed by atoms with E-state index in [2.05, 4.69) is 198 Å². The van der Waals surface area contributed by atoms with Crippen LogP contribution >= 0.6 is 11.3 Å². The summed E-state index contributed by atoms with van der Waals surface area (Å²) in [5.74, 6) is 0. The first-order chi connectivity index (χ1) is 33.8. The molecule has 300 valence electrons. The fourth-order valence-electron chi connectivity index (χ4n) is 10.5. The summed E-state index contributed by atoms with van der Waals surface area (Å²) in [6, 6.07) is 74.2. The topological polar surface area (TPSA) is 6.48 Å². The molecule has 1 aromatic heterocycles. The van der Waals surface area contributed by atoms with Gasteiger partial charge in [0.25, 0.3) is 0 Å². The van der Waals surface area contributed by atoms with Gasteiger partial charge in [-0.2, -0.15) is 0 Å². The number of hydrogen-bond acceptors (Lipinski definition) is 3. The lowest BCUT2D eigenvalue weighted by Gasteiger charge is -2.33. The number of nitrogens with zero attached hydrogens (tertiary/aromatic N) is 2. The second-order valence-electron chi connectivity index (χ2n) is 16.4. The highest BCUT2D eigenvalue weighted by atomic mass is 32.1. The molecular weight excluding hydrogens is 793 g/mol. The van der Waals surface area contributed by atoms with Crippen LogP contribution in [0.4, 0.5) is 34.1 Å². The van der Waals surface area contributed by atoms with Crippen molar-refractivity contribution in [3.05, 3.63) is 265 Å². The lowest BCUT2D eigenvalue weighted by atomic mass is 9.70. The van der Waals surface area contributed by atoms with Gasteiger partial charge in [0, 0.05) is 48.6 Å². The molecular formula is C61H40N2S. The molecule has 1 spiro atoms. The van der Waals surface area contributed by atoms with Gasteiger partial charge >= 0.3 is 0 Å². The van der Waals surface area contributed by atoms with Crippen molar-refractivity contribution in [2.75, 3.05) is 9.80 Å². The van der Waals surface area contributed by atoms with Crippen LogP contribution in [-0.2, 0) is 5.41 Å². The van der Waals surface area contributed by atoms with E-state index in [0.29, 0.717) is 5.56 Å². The Labute approximate surface area is 384 Å². The molecule has 0 fully saturated rings. The molecule has 2 aliphatic rings. The molecule has 10 aromatic carbocycles. The minimum Gasteiger partial charge on any atom is -0.310 e. The summed E-state index contributed by atoms with van der Waals surface area (Å²) in [5, 5.41) is 2.32. The standard InChI is InChI=1S/C61H40N2S/c1-4-17-41(18-5-1)42-31-33-45(34-32-42)63(57-28-16-30-59-60(57)52-25-12-15-29-58(52)64-59)47-36-38-51-49-24-11-14-27-54(49)61(56(51)40-47)53-26-13-10-23-48(53)50-37-35-46(39-55(50)61)62(43-19-6-2-7-20-43)44-21-8-3-9-22-44/h1-40H/i1D,4D,5D,17D,18D. The Morgan fingerprint density at radius 1 is 0.359 bits per heavy atom. The van der Waals surface area contributed by atoms with Gasteiger partial charge < -0.3 is 9.80 Å². The van der Waals surface area contributed by atoms with Crippen molar-refractivity contribution in [1.29, 1.82) is 0 Å². The summed E-state index contributed by atoms with van der Waals surface area (Å²) < 4.78 is 45.0. The third-order valence-corrected chi connectivity index (χ3v) is 14.3. The zero-order chi connectivity index (χ0) is 46.5. The van der Waals surface area contributed by atoms with Crippen molar-refractivity contribution >= 4 is 65.6 Å². The van der Waals surface area contributed by atoms with Gasteiger partial charge in [-0.3, -0.25) is 0 Å². The van der Waals surface area contributed by atoms with Crippen LogP contribution in [0.5, 0.6) is 0 Å². The van der Waals surface area contributed by atoms with Gasteiger partial charge in [-0.15, -0.1) is 11.3 Å². The van der Waals surface area contributed by atoms with Crippen molar-refractivity contribution in [3.8, 4) is 33.4 Å². The number of rotatable bonds is 7. The molecule has 0 bridgehead atoms. The maximum atomic E-state index is 8.78. The second kappa shape index (κ2) is 14.6. The molecule has 0 N–H and O–H groups in total. The summed E-state index contributed by atoms with van der Waals surface area (Å²) in [4.78, 5) is 4.67. The van der Waals surface area contributed by atoms with Crippen molar-refractivity contribution in [3.63, 3.8) is 0 Å². The lowest BCUT2D eigenvalue weighted by Crippen LogP contribution is -2.26. The van der Waals surface area contributed by atoms with E-state index in [4.69, 9.17) is 6.85 Å². The van der Waals surface area contributed by atoms with E-state index < -0.39 is 11.5 Å². The van der Waals surface area contributed by atoms with Gasteiger partial charge in [-0.1, -0.05) is 164 Å². The number of para-hydroxylation sites is 2. The molecule has 11 aromatic rings. The van der Waals surface area contributed by atoms with E-state index >= 15 is 0 Å². The van der Waals surface area contributed by atoms with Crippen molar-refractivity contribution in [2.24, 2.45) is 0 Å². The normalized spacial score (nSPS) is 15.4. The molecule has 1 heterocycles. The Bertz CT molecular complexity index is 3790. The number of hydrogen-bond donors (Lipinski definition) is 0. The summed E-state index contributed by atoms with van der Waals surface area (Å²) in [6.45, 7) is 0. The van der Waals surface area contributed by atoms with Crippen LogP contribution in [0.2, 0.25) is 0 Å². The summed E-state index contributed by atoms with van der Waals surface area (Å²) in [5.41, 5.74) is 15.8. The minimum atomic E-state index is -0.666. The third kappa shape index (κ3) is 5.44. The molecule has 3 heteroatoms. The Kier molecular flexibility index (Phi) is 7.23. The average molecular weight is 838 g/mol. The Morgan fingerprint density at radius 2 is 0.859 bits per heavy atom. The first-order valence-electron chi connectivity index (χ1n) is 24.1. The fourth-order valence-corrected chi connectivity index (χ4v) is 11.7. The predicted octanol–water partition coefficient (Wildman–Crippen LogP) is 17.0. The van der Waals surface area contributed by atoms with Crippen LogP contribution in [0, 0.1) is 0 Å². The van der Waals surface area contributed by atoms with E-state index in [1.807, 2.05) is 24.3 Å². The molecule has 2 aliphatic carbocycles. The SMILES string of the molecule is [2H]c1c([2H])c([2H])c(-c2ccc(N(c3ccc4c(c3)C3(c5ccccc5-c5ccc(N(c6ccccc6)c6ccccc6)cc53)c3ccccc3-4)c3cccc4sc5ccccc5c34)cc2)c([2H])c1[2H]. The average Bonchev–Trinajstić information content (AvgIpc) is 4.03. The second-order valence-corrected chi connectivity index (χ2v) is 17.5. The van der Waals surface area contributed by atoms with Crippen molar-refractivity contribution in [2.45, 2.75) is 5.41 Å². The predicted molar refractivity (Wildman–Crippen MR) is 270 cm³/mol. The molecule has 0 aliphatic heterocycles.